The van der Waals surface area contributed by atoms with Crippen LogP contribution in [0.5, 0.6) is 11.6 Å². The van der Waals surface area contributed by atoms with Crippen molar-refractivity contribution in [3.63, 3.8) is 0 Å². The summed E-state index contributed by atoms with van der Waals surface area (Å²) in [7, 11) is 1.69. The number of piperidine rings is 1. The first-order valence-corrected chi connectivity index (χ1v) is 10.5. The molecule has 0 radical (unpaired) electrons. The van der Waals surface area contributed by atoms with Crippen molar-refractivity contribution in [3.05, 3.63) is 40.5 Å². The standard InChI is InChI=1S/C20H26N4O2S/c1-4-16-21-20-24(22-16)19(25)18(27-20)17(23-10-8-13(2)9-11-23)14-6-5-7-15(12-14)26-3/h5-7,12-13,17,25H,4,8-11H2,1-3H3/p+1/t17-/m0/s1. The van der Waals surface area contributed by atoms with E-state index in [1.54, 1.807) is 23.0 Å². The quantitative estimate of drug-likeness (QED) is 0.706. The molecule has 1 saturated heterocycles. The summed E-state index contributed by atoms with van der Waals surface area (Å²) in [4.78, 5) is 7.74. The van der Waals surface area contributed by atoms with Crippen LogP contribution in [0.25, 0.3) is 4.96 Å². The lowest BCUT2D eigenvalue weighted by Crippen LogP contribution is -3.13. The van der Waals surface area contributed by atoms with Crippen LogP contribution >= 0.6 is 11.3 Å². The zero-order valence-electron chi connectivity index (χ0n) is 16.1. The van der Waals surface area contributed by atoms with Gasteiger partial charge < -0.3 is 14.7 Å². The Morgan fingerprint density at radius 2 is 2.15 bits per heavy atom. The number of aryl methyl sites for hydroxylation is 1. The van der Waals surface area contributed by atoms with E-state index < -0.39 is 0 Å². The number of ether oxygens (including phenoxy) is 1. The summed E-state index contributed by atoms with van der Waals surface area (Å²) in [5.74, 6) is 2.60. The van der Waals surface area contributed by atoms with Crippen LogP contribution in [0.1, 0.15) is 49.0 Å². The second-order valence-corrected chi connectivity index (χ2v) is 8.43. The summed E-state index contributed by atoms with van der Waals surface area (Å²) in [6.07, 6.45) is 3.17. The Balaban J connectivity index is 1.79. The van der Waals surface area contributed by atoms with E-state index in [1.807, 2.05) is 19.1 Å². The maximum atomic E-state index is 11.0. The highest BCUT2D eigenvalue weighted by Gasteiger charge is 2.35. The maximum absolute atomic E-state index is 11.0. The monoisotopic (exact) mass is 387 g/mol. The molecule has 4 rings (SSSR count). The van der Waals surface area contributed by atoms with Gasteiger partial charge in [-0.15, -0.1) is 5.10 Å². The molecule has 1 aliphatic rings. The molecule has 27 heavy (non-hydrogen) atoms. The third-order valence-electron chi connectivity index (χ3n) is 5.57. The number of hydrogen-bond acceptors (Lipinski definition) is 5. The Labute approximate surface area is 163 Å². The highest BCUT2D eigenvalue weighted by Crippen LogP contribution is 2.36. The summed E-state index contributed by atoms with van der Waals surface area (Å²) in [5.41, 5.74) is 1.16. The molecule has 1 aliphatic heterocycles. The van der Waals surface area contributed by atoms with Crippen LogP contribution in [0.3, 0.4) is 0 Å². The molecule has 2 N–H and O–H groups in total. The van der Waals surface area contributed by atoms with E-state index in [1.165, 1.54) is 17.7 Å². The average molecular weight is 388 g/mol. The average Bonchev–Trinajstić information content (AvgIpc) is 3.23. The van der Waals surface area contributed by atoms with Crippen LogP contribution in [-0.2, 0) is 6.42 Å². The van der Waals surface area contributed by atoms with E-state index in [4.69, 9.17) is 4.74 Å². The fourth-order valence-corrected chi connectivity index (χ4v) is 5.10. The second-order valence-electron chi connectivity index (χ2n) is 7.42. The van der Waals surface area contributed by atoms with Gasteiger partial charge in [-0.05, 0) is 30.9 Å². The lowest BCUT2D eigenvalue weighted by Gasteiger charge is -2.33. The molecule has 0 bridgehead atoms. The number of nitrogens with zero attached hydrogens (tertiary/aromatic N) is 3. The van der Waals surface area contributed by atoms with Crippen molar-refractivity contribution in [2.24, 2.45) is 5.92 Å². The molecular weight excluding hydrogens is 360 g/mol. The summed E-state index contributed by atoms with van der Waals surface area (Å²) in [5, 5.41) is 15.4. The molecule has 0 unspecified atom stereocenters. The van der Waals surface area contributed by atoms with Crippen LogP contribution in [0.15, 0.2) is 24.3 Å². The molecule has 0 saturated carbocycles. The van der Waals surface area contributed by atoms with Gasteiger partial charge in [-0.1, -0.05) is 37.3 Å². The predicted molar refractivity (Wildman–Crippen MR) is 106 cm³/mol. The first-order chi connectivity index (χ1) is 13.1. The molecule has 7 heteroatoms. The second kappa shape index (κ2) is 7.48. The molecule has 1 aromatic carbocycles. The van der Waals surface area contributed by atoms with Gasteiger partial charge in [-0.3, -0.25) is 0 Å². The zero-order valence-corrected chi connectivity index (χ0v) is 16.9. The van der Waals surface area contributed by atoms with Crippen molar-refractivity contribution >= 4 is 16.3 Å². The van der Waals surface area contributed by atoms with Crippen molar-refractivity contribution in [1.82, 2.24) is 14.6 Å². The van der Waals surface area contributed by atoms with Gasteiger partial charge in [0.05, 0.1) is 20.2 Å². The SMILES string of the molecule is CCc1nc2sc([C@H](c3cccc(OC)c3)[NH+]3CCC(C)CC3)c(O)n2n1. The summed E-state index contributed by atoms with van der Waals surface area (Å²) in [6.45, 7) is 6.53. The molecule has 3 aromatic rings. The van der Waals surface area contributed by atoms with E-state index >= 15 is 0 Å². The van der Waals surface area contributed by atoms with Gasteiger partial charge in [0, 0.05) is 12.0 Å². The Morgan fingerprint density at radius 1 is 1.37 bits per heavy atom. The molecule has 0 amide bonds. The minimum absolute atomic E-state index is 0.0613. The lowest BCUT2D eigenvalue weighted by molar-refractivity contribution is -0.931. The summed E-state index contributed by atoms with van der Waals surface area (Å²) in [6, 6.07) is 8.26. The molecular formula is C20H27N4O2S+. The smallest absolute Gasteiger partial charge is 0.235 e. The number of methoxy groups -OCH3 is 1. The topological polar surface area (TPSA) is 64.1 Å². The van der Waals surface area contributed by atoms with E-state index in [0.717, 1.165) is 52.4 Å². The minimum Gasteiger partial charge on any atom is -0.497 e. The molecule has 0 aliphatic carbocycles. The van der Waals surface area contributed by atoms with Crippen molar-refractivity contribution < 1.29 is 14.7 Å². The van der Waals surface area contributed by atoms with E-state index in [-0.39, 0.29) is 11.9 Å². The predicted octanol–water partition coefficient (Wildman–Crippen LogP) is 2.47. The van der Waals surface area contributed by atoms with Gasteiger partial charge in [0.2, 0.25) is 10.8 Å². The first kappa shape index (κ1) is 18.3. The number of nitrogens with one attached hydrogen (secondary N) is 1. The summed E-state index contributed by atoms with van der Waals surface area (Å²) >= 11 is 1.55. The Kier molecular flexibility index (Phi) is 5.06. The molecule has 1 atom stereocenters. The highest BCUT2D eigenvalue weighted by atomic mass is 32.1. The first-order valence-electron chi connectivity index (χ1n) is 9.66. The highest BCUT2D eigenvalue weighted by molar-refractivity contribution is 7.17. The number of aromatic hydroxyl groups is 1. The van der Waals surface area contributed by atoms with Crippen LogP contribution < -0.4 is 9.64 Å². The van der Waals surface area contributed by atoms with Crippen LogP contribution in [0.2, 0.25) is 0 Å². The Hall–Kier alpha value is -2.12. The minimum atomic E-state index is 0.0613. The van der Waals surface area contributed by atoms with Crippen molar-refractivity contribution in [1.29, 1.82) is 0 Å². The number of thiazole rings is 1. The van der Waals surface area contributed by atoms with Gasteiger partial charge in [0.15, 0.2) is 11.9 Å². The van der Waals surface area contributed by atoms with E-state index in [9.17, 15) is 5.11 Å². The lowest BCUT2D eigenvalue weighted by atomic mass is 9.95. The number of benzene rings is 1. The Morgan fingerprint density at radius 3 is 2.81 bits per heavy atom. The number of likely N-dealkylation sites (tertiary alicyclic amines) is 1. The van der Waals surface area contributed by atoms with Crippen molar-refractivity contribution in [2.45, 2.75) is 39.2 Å². The van der Waals surface area contributed by atoms with Crippen LogP contribution in [0.4, 0.5) is 0 Å². The van der Waals surface area contributed by atoms with Gasteiger partial charge in [0.25, 0.3) is 0 Å². The molecule has 1 fully saturated rings. The number of rotatable bonds is 5. The van der Waals surface area contributed by atoms with Crippen molar-refractivity contribution in [2.75, 3.05) is 20.2 Å². The van der Waals surface area contributed by atoms with Crippen LogP contribution in [-0.4, -0.2) is 39.9 Å². The molecule has 0 spiro atoms. The normalized spacial score (nSPS) is 21.4. The van der Waals surface area contributed by atoms with Gasteiger partial charge in [-0.2, -0.15) is 4.52 Å². The number of fused-ring (bicyclic) bond motifs is 1. The Bertz CT molecular complexity index is 927. The molecule has 2 aromatic heterocycles. The largest absolute Gasteiger partial charge is 0.497 e. The maximum Gasteiger partial charge on any atom is 0.235 e. The van der Waals surface area contributed by atoms with Gasteiger partial charge in [0.1, 0.15) is 10.6 Å². The van der Waals surface area contributed by atoms with Gasteiger partial charge >= 0.3 is 0 Å². The van der Waals surface area contributed by atoms with E-state index in [2.05, 4.69) is 29.1 Å². The zero-order chi connectivity index (χ0) is 19.0. The fourth-order valence-electron chi connectivity index (χ4n) is 3.94. The fraction of sp³-hybridized carbons (Fsp3) is 0.500. The van der Waals surface area contributed by atoms with Gasteiger partial charge in [-0.25, -0.2) is 4.98 Å². The van der Waals surface area contributed by atoms with Crippen molar-refractivity contribution in [3.8, 4) is 11.6 Å². The number of aromatic nitrogens is 3. The number of hydrogen-bond donors (Lipinski definition) is 2. The third-order valence-corrected chi connectivity index (χ3v) is 6.66. The molecule has 3 heterocycles. The third kappa shape index (κ3) is 3.41. The molecule has 144 valence electrons. The van der Waals surface area contributed by atoms with Crippen LogP contribution in [0, 0.1) is 5.92 Å². The number of quaternary nitrogens is 1. The summed E-state index contributed by atoms with van der Waals surface area (Å²) < 4.78 is 7.05. The molecule has 6 nitrogen and oxygen atoms in total. The van der Waals surface area contributed by atoms with E-state index in [0.29, 0.717) is 0 Å².